The molecule has 2 fully saturated rings. The van der Waals surface area contributed by atoms with Crippen LogP contribution < -0.4 is 4.74 Å². The Kier molecular flexibility index (Phi) is 5.70. The zero-order valence-electron chi connectivity index (χ0n) is 17.5. The normalized spacial score (nSPS) is 25.5. The maximum absolute atomic E-state index is 6.25. The molecular formula is C25H26N2O4. The number of benzene rings is 2. The molecule has 160 valence electrons. The fourth-order valence-electron chi connectivity index (χ4n) is 4.37. The van der Waals surface area contributed by atoms with Gasteiger partial charge in [-0.3, -0.25) is 9.82 Å². The van der Waals surface area contributed by atoms with Gasteiger partial charge in [-0.25, -0.2) is 4.84 Å². The maximum atomic E-state index is 6.25. The summed E-state index contributed by atoms with van der Waals surface area (Å²) in [5.74, 6) is 0.831. The van der Waals surface area contributed by atoms with Gasteiger partial charge < -0.3 is 9.47 Å². The zero-order valence-corrected chi connectivity index (χ0v) is 17.5. The smallest absolute Gasteiger partial charge is 0.182 e. The molecule has 3 atom stereocenters. The average molecular weight is 418 g/mol. The van der Waals surface area contributed by atoms with E-state index < -0.39 is 0 Å². The zero-order chi connectivity index (χ0) is 21.1. The van der Waals surface area contributed by atoms with E-state index in [0.717, 1.165) is 41.7 Å². The number of rotatable bonds is 7. The van der Waals surface area contributed by atoms with E-state index >= 15 is 0 Å². The first kappa shape index (κ1) is 20.2. The van der Waals surface area contributed by atoms with Crippen molar-refractivity contribution >= 4 is 0 Å². The summed E-state index contributed by atoms with van der Waals surface area (Å²) in [4.78, 5) is 16.7. The first-order valence-electron chi connectivity index (χ1n) is 10.6. The molecule has 3 heterocycles. The highest BCUT2D eigenvalue weighted by Crippen LogP contribution is 2.49. The third-order valence-corrected chi connectivity index (χ3v) is 5.96. The summed E-state index contributed by atoms with van der Waals surface area (Å²) in [6.07, 6.45) is 5.63. The van der Waals surface area contributed by atoms with E-state index in [-0.39, 0.29) is 17.9 Å². The molecule has 2 saturated heterocycles. The molecule has 2 aliphatic heterocycles. The van der Waals surface area contributed by atoms with Crippen molar-refractivity contribution < 1.29 is 19.1 Å². The van der Waals surface area contributed by atoms with Gasteiger partial charge in [0.05, 0.1) is 19.3 Å². The molecule has 6 nitrogen and oxygen atoms in total. The number of methoxy groups -OCH3 is 1. The van der Waals surface area contributed by atoms with Crippen molar-refractivity contribution in [1.29, 1.82) is 0 Å². The van der Waals surface area contributed by atoms with Gasteiger partial charge in [-0.1, -0.05) is 53.8 Å². The SMILES string of the molecule is COc1ccc(COC2CC3(Cc4cccnc4)CC(c4ccccc4)ON3O2)cc1. The second-order valence-corrected chi connectivity index (χ2v) is 8.13. The minimum atomic E-state index is -0.365. The first-order chi connectivity index (χ1) is 15.2. The molecule has 0 radical (unpaired) electrons. The molecule has 5 rings (SSSR count). The summed E-state index contributed by atoms with van der Waals surface area (Å²) >= 11 is 0. The number of hydrogen-bond donors (Lipinski definition) is 0. The molecule has 31 heavy (non-hydrogen) atoms. The highest BCUT2D eigenvalue weighted by atomic mass is 17.0. The van der Waals surface area contributed by atoms with Gasteiger partial charge in [0.15, 0.2) is 6.29 Å². The molecular weight excluding hydrogens is 392 g/mol. The lowest BCUT2D eigenvalue weighted by Gasteiger charge is -2.26. The lowest BCUT2D eigenvalue weighted by atomic mass is 9.83. The van der Waals surface area contributed by atoms with Crippen LogP contribution in [-0.2, 0) is 27.4 Å². The van der Waals surface area contributed by atoms with E-state index in [9.17, 15) is 0 Å². The maximum Gasteiger partial charge on any atom is 0.182 e. The Morgan fingerprint density at radius 3 is 2.55 bits per heavy atom. The minimum Gasteiger partial charge on any atom is -0.497 e. The molecule has 0 N–H and O–H groups in total. The topological polar surface area (TPSA) is 53.0 Å². The van der Waals surface area contributed by atoms with E-state index in [2.05, 4.69) is 23.2 Å². The van der Waals surface area contributed by atoms with Crippen molar-refractivity contribution in [3.05, 3.63) is 95.8 Å². The fourth-order valence-corrected chi connectivity index (χ4v) is 4.37. The minimum absolute atomic E-state index is 0.0413. The van der Waals surface area contributed by atoms with Gasteiger partial charge in [0, 0.05) is 25.2 Å². The molecule has 0 spiro atoms. The number of ether oxygens (including phenoxy) is 2. The molecule has 6 heteroatoms. The summed E-state index contributed by atoms with van der Waals surface area (Å²) in [5.41, 5.74) is 3.08. The van der Waals surface area contributed by atoms with Crippen LogP contribution in [0.2, 0.25) is 0 Å². The van der Waals surface area contributed by atoms with Crippen LogP contribution in [0.15, 0.2) is 79.1 Å². The number of hydroxylamine groups is 2. The summed E-state index contributed by atoms with van der Waals surface area (Å²) in [6.45, 7) is 0.466. The van der Waals surface area contributed by atoms with Gasteiger partial charge in [0.2, 0.25) is 0 Å². The molecule has 2 aromatic carbocycles. The highest BCUT2D eigenvalue weighted by Gasteiger charge is 2.56. The molecule has 0 amide bonds. The monoisotopic (exact) mass is 418 g/mol. The standard InChI is InChI=1S/C25H26N2O4/c1-28-22-11-9-19(10-12-22)18-29-24-16-25(14-20-6-5-13-26-17-20)15-23(30-27(25)31-24)21-7-3-2-4-8-21/h2-13,17,23-24H,14-16,18H2,1H3. The summed E-state index contributed by atoms with van der Waals surface area (Å²) in [7, 11) is 1.66. The van der Waals surface area contributed by atoms with Crippen LogP contribution in [-0.4, -0.2) is 29.1 Å². The molecule has 3 unspecified atom stereocenters. The largest absolute Gasteiger partial charge is 0.497 e. The molecule has 2 aliphatic rings. The Morgan fingerprint density at radius 2 is 1.81 bits per heavy atom. The Morgan fingerprint density at radius 1 is 0.968 bits per heavy atom. The van der Waals surface area contributed by atoms with Crippen molar-refractivity contribution in [2.24, 2.45) is 0 Å². The van der Waals surface area contributed by atoms with Crippen molar-refractivity contribution in [2.45, 2.75) is 43.8 Å². The number of aromatic nitrogens is 1. The molecule has 0 bridgehead atoms. The van der Waals surface area contributed by atoms with Crippen LogP contribution in [0.5, 0.6) is 5.75 Å². The van der Waals surface area contributed by atoms with E-state index in [1.54, 1.807) is 18.5 Å². The molecule has 0 saturated carbocycles. The van der Waals surface area contributed by atoms with Crippen molar-refractivity contribution in [2.75, 3.05) is 7.11 Å². The second kappa shape index (κ2) is 8.77. The average Bonchev–Trinajstić information content (AvgIpc) is 3.32. The first-order valence-corrected chi connectivity index (χ1v) is 10.6. The quantitative estimate of drug-likeness (QED) is 0.558. The van der Waals surface area contributed by atoms with Crippen LogP contribution in [0.1, 0.15) is 35.6 Å². The van der Waals surface area contributed by atoms with Crippen LogP contribution >= 0.6 is 0 Å². The Hall–Kier alpha value is -2.77. The second-order valence-electron chi connectivity index (χ2n) is 8.13. The Balaban J connectivity index is 1.30. The summed E-state index contributed by atoms with van der Waals surface area (Å²) < 4.78 is 11.3. The van der Waals surface area contributed by atoms with Gasteiger partial charge in [-0.2, -0.15) is 0 Å². The van der Waals surface area contributed by atoms with Crippen LogP contribution in [0.3, 0.4) is 0 Å². The lowest BCUT2D eigenvalue weighted by molar-refractivity contribution is -0.396. The van der Waals surface area contributed by atoms with Crippen LogP contribution in [0.25, 0.3) is 0 Å². The van der Waals surface area contributed by atoms with Gasteiger partial charge in [-0.05, 0) is 41.3 Å². The fraction of sp³-hybridized carbons (Fsp3) is 0.320. The van der Waals surface area contributed by atoms with Gasteiger partial charge >= 0.3 is 0 Å². The van der Waals surface area contributed by atoms with Crippen LogP contribution in [0, 0.1) is 0 Å². The molecule has 1 aromatic heterocycles. The lowest BCUT2D eigenvalue weighted by Crippen LogP contribution is -2.38. The van der Waals surface area contributed by atoms with E-state index in [1.165, 1.54) is 0 Å². The number of nitrogens with zero attached hydrogens (tertiary/aromatic N) is 2. The van der Waals surface area contributed by atoms with Gasteiger partial charge in [-0.15, -0.1) is 0 Å². The van der Waals surface area contributed by atoms with Crippen molar-refractivity contribution in [1.82, 2.24) is 10.2 Å². The highest BCUT2D eigenvalue weighted by molar-refractivity contribution is 5.27. The van der Waals surface area contributed by atoms with Crippen LogP contribution in [0.4, 0.5) is 0 Å². The Bertz CT molecular complexity index is 983. The summed E-state index contributed by atoms with van der Waals surface area (Å²) in [6, 6.07) is 22.2. The number of hydrogen-bond acceptors (Lipinski definition) is 6. The Labute approximate surface area is 182 Å². The predicted molar refractivity (Wildman–Crippen MR) is 115 cm³/mol. The summed E-state index contributed by atoms with van der Waals surface area (Å²) in [5, 5.41) is 1.69. The van der Waals surface area contributed by atoms with E-state index in [1.807, 2.05) is 54.7 Å². The van der Waals surface area contributed by atoms with Gasteiger partial charge in [0.25, 0.3) is 0 Å². The molecule has 3 aromatic rings. The van der Waals surface area contributed by atoms with Crippen molar-refractivity contribution in [3.63, 3.8) is 0 Å². The van der Waals surface area contributed by atoms with E-state index in [0.29, 0.717) is 6.61 Å². The molecule has 0 aliphatic carbocycles. The number of fused-ring (bicyclic) bond motifs is 1. The number of pyridine rings is 1. The van der Waals surface area contributed by atoms with Gasteiger partial charge in [0.1, 0.15) is 11.9 Å². The van der Waals surface area contributed by atoms with E-state index in [4.69, 9.17) is 19.1 Å². The van der Waals surface area contributed by atoms with Crippen molar-refractivity contribution in [3.8, 4) is 5.75 Å². The third kappa shape index (κ3) is 4.34. The third-order valence-electron chi connectivity index (χ3n) is 5.96. The predicted octanol–water partition coefficient (Wildman–Crippen LogP) is 4.63.